The molecule has 0 saturated heterocycles. The van der Waals surface area contributed by atoms with E-state index in [9.17, 15) is 4.79 Å². The maximum absolute atomic E-state index is 11.4. The van der Waals surface area contributed by atoms with Crippen molar-refractivity contribution in [3.05, 3.63) is 36.0 Å². The number of amides is 1. The first-order chi connectivity index (χ1) is 8.15. The largest absolute Gasteiger partial charge is 0.315 e. The SMILES string of the molecule is CC(=O)N(C)c1ccc(C#N)c2ncccc12. The van der Waals surface area contributed by atoms with Crippen LogP contribution in [-0.4, -0.2) is 17.9 Å². The van der Waals surface area contributed by atoms with Gasteiger partial charge in [0.1, 0.15) is 6.07 Å². The summed E-state index contributed by atoms with van der Waals surface area (Å²) in [5.74, 6) is -0.0557. The number of fused-ring (bicyclic) bond motifs is 1. The molecule has 0 saturated carbocycles. The van der Waals surface area contributed by atoms with E-state index in [4.69, 9.17) is 5.26 Å². The Hall–Kier alpha value is -2.41. The van der Waals surface area contributed by atoms with Gasteiger partial charge in [0.05, 0.1) is 16.8 Å². The highest BCUT2D eigenvalue weighted by molar-refractivity contribution is 6.02. The van der Waals surface area contributed by atoms with Crippen LogP contribution in [-0.2, 0) is 4.79 Å². The third-order valence-corrected chi connectivity index (χ3v) is 2.70. The van der Waals surface area contributed by atoms with Crippen molar-refractivity contribution in [3.63, 3.8) is 0 Å². The van der Waals surface area contributed by atoms with Gasteiger partial charge >= 0.3 is 0 Å². The van der Waals surface area contributed by atoms with E-state index >= 15 is 0 Å². The molecule has 4 heteroatoms. The van der Waals surface area contributed by atoms with Crippen LogP contribution in [0.3, 0.4) is 0 Å². The Morgan fingerprint density at radius 1 is 1.41 bits per heavy atom. The summed E-state index contributed by atoms with van der Waals surface area (Å²) >= 11 is 0. The summed E-state index contributed by atoms with van der Waals surface area (Å²) in [6.45, 7) is 1.50. The molecule has 0 unspecified atom stereocenters. The fraction of sp³-hybridized carbons (Fsp3) is 0.154. The summed E-state index contributed by atoms with van der Waals surface area (Å²) in [6, 6.07) is 9.20. The molecule has 0 aliphatic rings. The molecule has 0 spiro atoms. The normalized spacial score (nSPS) is 9.94. The van der Waals surface area contributed by atoms with E-state index in [0.717, 1.165) is 11.1 Å². The van der Waals surface area contributed by atoms with Gasteiger partial charge < -0.3 is 4.90 Å². The van der Waals surface area contributed by atoms with Crippen molar-refractivity contribution in [3.8, 4) is 6.07 Å². The van der Waals surface area contributed by atoms with Gasteiger partial charge in [-0.2, -0.15) is 5.26 Å². The zero-order valence-electron chi connectivity index (χ0n) is 9.64. The zero-order chi connectivity index (χ0) is 12.4. The molecule has 0 N–H and O–H groups in total. The molecule has 0 bridgehead atoms. The number of nitrogens with zero attached hydrogens (tertiary/aromatic N) is 3. The molecule has 84 valence electrons. The Labute approximate surface area is 99.1 Å². The molecule has 0 aliphatic carbocycles. The summed E-state index contributed by atoms with van der Waals surface area (Å²) < 4.78 is 0. The summed E-state index contributed by atoms with van der Waals surface area (Å²) in [7, 11) is 1.70. The van der Waals surface area contributed by atoms with Crippen molar-refractivity contribution in [2.24, 2.45) is 0 Å². The minimum absolute atomic E-state index is 0.0557. The minimum Gasteiger partial charge on any atom is -0.315 e. The first-order valence-corrected chi connectivity index (χ1v) is 5.17. The van der Waals surface area contributed by atoms with Gasteiger partial charge in [-0.1, -0.05) is 0 Å². The predicted molar refractivity (Wildman–Crippen MR) is 65.5 cm³/mol. The number of nitriles is 1. The Morgan fingerprint density at radius 3 is 2.82 bits per heavy atom. The molecule has 4 nitrogen and oxygen atoms in total. The number of rotatable bonds is 1. The molecular formula is C13H11N3O. The fourth-order valence-electron chi connectivity index (χ4n) is 1.71. The Morgan fingerprint density at radius 2 is 2.18 bits per heavy atom. The van der Waals surface area contributed by atoms with Crippen LogP contribution in [0.1, 0.15) is 12.5 Å². The Balaban J connectivity index is 2.76. The maximum atomic E-state index is 11.4. The second-order valence-electron chi connectivity index (χ2n) is 3.72. The quantitative estimate of drug-likeness (QED) is 0.746. The Kier molecular flexibility index (Phi) is 2.75. The van der Waals surface area contributed by atoms with Crippen LogP contribution in [0.2, 0.25) is 0 Å². The average molecular weight is 225 g/mol. The van der Waals surface area contributed by atoms with E-state index in [1.807, 2.05) is 6.07 Å². The highest BCUT2D eigenvalue weighted by Gasteiger charge is 2.12. The van der Waals surface area contributed by atoms with Crippen molar-refractivity contribution >= 4 is 22.5 Å². The predicted octanol–water partition coefficient (Wildman–Crippen LogP) is 2.09. The lowest BCUT2D eigenvalue weighted by Gasteiger charge is -2.17. The smallest absolute Gasteiger partial charge is 0.223 e. The van der Waals surface area contributed by atoms with Gasteiger partial charge in [-0.25, -0.2) is 0 Å². The van der Waals surface area contributed by atoms with Crippen LogP contribution in [0.15, 0.2) is 30.5 Å². The number of benzene rings is 1. The zero-order valence-corrected chi connectivity index (χ0v) is 9.64. The number of anilines is 1. The van der Waals surface area contributed by atoms with Crippen molar-refractivity contribution in [2.75, 3.05) is 11.9 Å². The lowest BCUT2D eigenvalue weighted by molar-refractivity contribution is -0.116. The monoisotopic (exact) mass is 225 g/mol. The molecular weight excluding hydrogens is 214 g/mol. The lowest BCUT2D eigenvalue weighted by atomic mass is 10.1. The molecule has 1 aromatic carbocycles. The summed E-state index contributed by atoms with van der Waals surface area (Å²) in [6.07, 6.45) is 1.64. The number of carbonyl (C=O) groups excluding carboxylic acids is 1. The van der Waals surface area contributed by atoms with Crippen LogP contribution < -0.4 is 4.90 Å². The van der Waals surface area contributed by atoms with E-state index in [1.54, 1.807) is 36.3 Å². The highest BCUT2D eigenvalue weighted by Crippen LogP contribution is 2.27. The molecule has 1 heterocycles. The van der Waals surface area contributed by atoms with Crippen molar-refractivity contribution < 1.29 is 4.79 Å². The average Bonchev–Trinajstić information content (AvgIpc) is 2.36. The maximum Gasteiger partial charge on any atom is 0.223 e. The fourth-order valence-corrected chi connectivity index (χ4v) is 1.71. The molecule has 0 fully saturated rings. The van der Waals surface area contributed by atoms with Gasteiger partial charge in [-0.05, 0) is 24.3 Å². The standard InChI is InChI=1S/C13H11N3O/c1-9(17)16(2)12-6-5-10(8-14)13-11(12)4-3-7-15-13/h3-7H,1-2H3. The van der Waals surface area contributed by atoms with Crippen LogP contribution >= 0.6 is 0 Å². The van der Waals surface area contributed by atoms with Crippen molar-refractivity contribution in [1.29, 1.82) is 5.26 Å². The van der Waals surface area contributed by atoms with Gasteiger partial charge in [0.25, 0.3) is 0 Å². The van der Waals surface area contributed by atoms with E-state index < -0.39 is 0 Å². The Bertz CT molecular complexity index is 628. The molecule has 0 atom stereocenters. The van der Waals surface area contributed by atoms with Crippen LogP contribution in [0.4, 0.5) is 5.69 Å². The van der Waals surface area contributed by atoms with Crippen molar-refractivity contribution in [1.82, 2.24) is 4.98 Å². The van der Waals surface area contributed by atoms with Gasteiger partial charge in [-0.15, -0.1) is 0 Å². The first-order valence-electron chi connectivity index (χ1n) is 5.17. The number of carbonyl (C=O) groups is 1. The molecule has 2 aromatic rings. The molecule has 0 aliphatic heterocycles. The molecule has 2 rings (SSSR count). The second-order valence-corrected chi connectivity index (χ2v) is 3.72. The molecule has 1 amide bonds. The third kappa shape index (κ3) is 1.83. The molecule has 17 heavy (non-hydrogen) atoms. The topological polar surface area (TPSA) is 57.0 Å². The lowest BCUT2D eigenvalue weighted by Crippen LogP contribution is -2.23. The van der Waals surface area contributed by atoms with Gasteiger partial charge in [0.15, 0.2) is 0 Å². The summed E-state index contributed by atoms with van der Waals surface area (Å²) in [5.41, 5.74) is 1.90. The van der Waals surface area contributed by atoms with Gasteiger partial charge in [0, 0.05) is 25.6 Å². The van der Waals surface area contributed by atoms with Crippen LogP contribution in [0, 0.1) is 11.3 Å². The number of aromatic nitrogens is 1. The van der Waals surface area contributed by atoms with Crippen LogP contribution in [0.5, 0.6) is 0 Å². The summed E-state index contributed by atoms with van der Waals surface area (Å²) in [4.78, 5) is 17.1. The number of pyridine rings is 1. The van der Waals surface area contributed by atoms with Gasteiger partial charge in [-0.3, -0.25) is 9.78 Å². The summed E-state index contributed by atoms with van der Waals surface area (Å²) in [5, 5.41) is 9.81. The first kappa shape index (κ1) is 11.1. The number of hydrogen-bond donors (Lipinski definition) is 0. The third-order valence-electron chi connectivity index (χ3n) is 2.70. The minimum atomic E-state index is -0.0557. The van der Waals surface area contributed by atoms with E-state index in [-0.39, 0.29) is 5.91 Å². The molecule has 1 aromatic heterocycles. The van der Waals surface area contributed by atoms with E-state index in [1.165, 1.54) is 6.92 Å². The van der Waals surface area contributed by atoms with E-state index in [0.29, 0.717) is 11.1 Å². The number of hydrogen-bond acceptors (Lipinski definition) is 3. The van der Waals surface area contributed by atoms with Crippen molar-refractivity contribution in [2.45, 2.75) is 6.92 Å². The molecule has 0 radical (unpaired) electrons. The second kappa shape index (κ2) is 4.22. The van der Waals surface area contributed by atoms with Crippen LogP contribution in [0.25, 0.3) is 10.9 Å². The highest BCUT2D eigenvalue weighted by atomic mass is 16.2. The van der Waals surface area contributed by atoms with E-state index in [2.05, 4.69) is 11.1 Å². The van der Waals surface area contributed by atoms with Gasteiger partial charge in [0.2, 0.25) is 5.91 Å².